The maximum atomic E-state index is 5.85. The van der Waals surface area contributed by atoms with Crippen LogP contribution in [0.1, 0.15) is 0 Å². The molecule has 4 heteroatoms. The van der Waals surface area contributed by atoms with E-state index in [1.807, 2.05) is 24.3 Å². The molecule has 0 saturated heterocycles. The first kappa shape index (κ1) is 10.0. The Balaban J connectivity index is 2.77. The Bertz CT molecular complexity index is 270. The molecule has 1 aromatic rings. The summed E-state index contributed by atoms with van der Waals surface area (Å²) in [6.07, 6.45) is 0. The highest BCUT2D eigenvalue weighted by Gasteiger charge is 2.15. The monoisotopic (exact) mass is 260 g/mol. The minimum Gasteiger partial charge on any atom is -0.548 e. The fraction of sp³-hybridized carbons (Fsp3) is 0.250. The summed E-state index contributed by atoms with van der Waals surface area (Å²) in [5.74, 6) is 0.996. The van der Waals surface area contributed by atoms with Gasteiger partial charge in [0.1, 0.15) is 5.75 Å². The van der Waals surface area contributed by atoms with Crippen molar-refractivity contribution >= 4 is 33.5 Å². The van der Waals surface area contributed by atoms with Gasteiger partial charge >= 0.3 is 0 Å². The van der Waals surface area contributed by atoms with Crippen LogP contribution in [0.15, 0.2) is 28.7 Å². The van der Waals surface area contributed by atoms with Crippen LogP contribution in [0.3, 0.4) is 0 Å². The molecule has 0 heterocycles. The van der Waals surface area contributed by atoms with Gasteiger partial charge in [-0.05, 0) is 31.3 Å². The van der Waals surface area contributed by atoms with Gasteiger partial charge in [-0.15, -0.1) is 0 Å². The predicted octanol–water partition coefficient (Wildman–Crippen LogP) is 1.90. The SMILES string of the molecule is C[Si](C)([SiH3])Oc1cccc(Br)c1. The minimum atomic E-state index is -1.30. The van der Waals surface area contributed by atoms with Gasteiger partial charge in [0.05, 0.1) is 0 Å². The molecule has 0 aliphatic rings. The average Bonchev–Trinajstić information content (AvgIpc) is 1.82. The molecular formula is C8H13BrOSi2. The van der Waals surface area contributed by atoms with E-state index in [9.17, 15) is 0 Å². The molecule has 0 bridgehead atoms. The molecule has 1 aromatic carbocycles. The second-order valence-corrected chi connectivity index (χ2v) is 16.2. The van der Waals surface area contributed by atoms with Crippen molar-refractivity contribution in [2.24, 2.45) is 0 Å². The van der Waals surface area contributed by atoms with Crippen LogP contribution in [0.4, 0.5) is 0 Å². The lowest BCUT2D eigenvalue weighted by Gasteiger charge is -2.19. The number of benzene rings is 1. The quantitative estimate of drug-likeness (QED) is 0.739. The number of halogens is 1. The van der Waals surface area contributed by atoms with E-state index in [2.05, 4.69) is 29.0 Å². The first-order valence-corrected chi connectivity index (χ1v) is 11.1. The van der Waals surface area contributed by atoms with Gasteiger partial charge in [-0.2, -0.15) is 0 Å². The van der Waals surface area contributed by atoms with Crippen LogP contribution < -0.4 is 4.43 Å². The van der Waals surface area contributed by atoms with Crippen LogP contribution in [-0.2, 0) is 0 Å². The van der Waals surface area contributed by atoms with Gasteiger partial charge in [0.2, 0.25) is 7.83 Å². The summed E-state index contributed by atoms with van der Waals surface area (Å²) in [7, 11) is -0.141. The number of hydrogen-bond donors (Lipinski definition) is 0. The van der Waals surface area contributed by atoms with E-state index in [1.165, 1.54) is 0 Å². The van der Waals surface area contributed by atoms with Crippen molar-refractivity contribution in [3.63, 3.8) is 0 Å². The lowest BCUT2D eigenvalue weighted by Crippen LogP contribution is -2.34. The summed E-state index contributed by atoms with van der Waals surface area (Å²) >= 11 is 3.42. The maximum absolute atomic E-state index is 5.85. The molecule has 66 valence electrons. The molecule has 0 atom stereocenters. The standard InChI is InChI=1S/C8H13BrOSi2/c1-12(2,11)10-8-5-3-4-7(9)6-8/h3-6H,1-2,11H3. The zero-order chi connectivity index (χ0) is 9.19. The normalized spacial score (nSPS) is 11.6. The van der Waals surface area contributed by atoms with E-state index in [0.717, 1.165) is 20.0 Å². The lowest BCUT2D eigenvalue weighted by atomic mass is 10.3. The zero-order valence-electron chi connectivity index (χ0n) is 7.60. The van der Waals surface area contributed by atoms with Gasteiger partial charge < -0.3 is 4.43 Å². The molecule has 1 rings (SSSR count). The molecule has 0 fully saturated rings. The molecule has 1 nitrogen and oxygen atoms in total. The highest BCUT2D eigenvalue weighted by molar-refractivity contribution is 9.10. The summed E-state index contributed by atoms with van der Waals surface area (Å²) in [6.45, 7) is 4.47. The molecule has 0 N–H and O–H groups in total. The van der Waals surface area contributed by atoms with Crippen molar-refractivity contribution < 1.29 is 4.43 Å². The van der Waals surface area contributed by atoms with E-state index in [1.54, 1.807) is 0 Å². The van der Waals surface area contributed by atoms with Crippen LogP contribution in [0.2, 0.25) is 13.1 Å². The van der Waals surface area contributed by atoms with E-state index in [-0.39, 0.29) is 0 Å². The highest BCUT2D eigenvalue weighted by atomic mass is 79.9. The van der Waals surface area contributed by atoms with E-state index < -0.39 is 7.83 Å². The Morgan fingerprint density at radius 3 is 2.58 bits per heavy atom. The largest absolute Gasteiger partial charge is 0.548 e. The van der Waals surface area contributed by atoms with Crippen molar-refractivity contribution in [1.82, 2.24) is 0 Å². The van der Waals surface area contributed by atoms with E-state index >= 15 is 0 Å². The highest BCUT2D eigenvalue weighted by Crippen LogP contribution is 2.19. The Kier molecular flexibility index (Phi) is 3.14. The summed E-state index contributed by atoms with van der Waals surface area (Å²) in [5, 5.41) is 0. The molecule has 0 aromatic heterocycles. The Morgan fingerprint density at radius 2 is 2.08 bits per heavy atom. The van der Waals surface area contributed by atoms with Gasteiger partial charge in [0.25, 0.3) is 0 Å². The van der Waals surface area contributed by atoms with E-state index in [4.69, 9.17) is 4.43 Å². The minimum absolute atomic E-state index is 0.996. The van der Waals surface area contributed by atoms with Crippen LogP contribution in [-0.4, -0.2) is 17.6 Å². The molecular weight excluding hydrogens is 248 g/mol. The van der Waals surface area contributed by atoms with Gasteiger partial charge in [0, 0.05) is 14.2 Å². The van der Waals surface area contributed by atoms with Crippen LogP contribution in [0.5, 0.6) is 5.75 Å². The number of hydrogen-bond acceptors (Lipinski definition) is 1. The molecule has 0 aliphatic heterocycles. The Labute approximate surface area is 85.6 Å². The third-order valence-corrected chi connectivity index (χ3v) is 3.17. The predicted molar refractivity (Wildman–Crippen MR) is 62.2 cm³/mol. The molecule has 0 aliphatic carbocycles. The third-order valence-electron chi connectivity index (χ3n) is 1.22. The lowest BCUT2D eigenvalue weighted by molar-refractivity contribution is 0.571. The Hall–Kier alpha value is -0.0662. The first-order chi connectivity index (χ1) is 5.47. The van der Waals surface area contributed by atoms with Crippen LogP contribution >= 0.6 is 15.9 Å². The molecule has 0 amide bonds. The second kappa shape index (κ2) is 3.76. The van der Waals surface area contributed by atoms with Crippen molar-refractivity contribution in [1.29, 1.82) is 0 Å². The summed E-state index contributed by atoms with van der Waals surface area (Å²) < 4.78 is 6.94. The molecule has 0 unspecified atom stereocenters. The van der Waals surface area contributed by atoms with E-state index in [0.29, 0.717) is 0 Å². The topological polar surface area (TPSA) is 9.23 Å². The van der Waals surface area contributed by atoms with Crippen molar-refractivity contribution in [2.75, 3.05) is 0 Å². The van der Waals surface area contributed by atoms with Crippen molar-refractivity contribution in [3.05, 3.63) is 28.7 Å². The summed E-state index contributed by atoms with van der Waals surface area (Å²) in [4.78, 5) is 0. The van der Waals surface area contributed by atoms with Gasteiger partial charge in [-0.3, -0.25) is 0 Å². The van der Waals surface area contributed by atoms with Crippen molar-refractivity contribution in [3.8, 4) is 5.75 Å². The van der Waals surface area contributed by atoms with Gasteiger partial charge in [-0.25, -0.2) is 0 Å². The summed E-state index contributed by atoms with van der Waals surface area (Å²) in [5.41, 5.74) is 0. The van der Waals surface area contributed by atoms with Crippen molar-refractivity contribution in [2.45, 2.75) is 13.1 Å². The Morgan fingerprint density at radius 1 is 1.42 bits per heavy atom. The molecule has 0 spiro atoms. The summed E-state index contributed by atoms with van der Waals surface area (Å²) in [6, 6.07) is 8.04. The molecule has 0 saturated carbocycles. The smallest absolute Gasteiger partial charge is 0.218 e. The van der Waals surface area contributed by atoms with Gasteiger partial charge in [-0.1, -0.05) is 22.0 Å². The zero-order valence-corrected chi connectivity index (χ0v) is 12.2. The maximum Gasteiger partial charge on any atom is 0.218 e. The fourth-order valence-corrected chi connectivity index (χ4v) is 2.80. The molecule has 12 heavy (non-hydrogen) atoms. The first-order valence-electron chi connectivity index (χ1n) is 3.92. The number of rotatable bonds is 2. The third kappa shape index (κ3) is 3.56. The average molecular weight is 261 g/mol. The fourth-order valence-electron chi connectivity index (χ4n) is 0.884. The second-order valence-electron chi connectivity index (χ2n) is 3.67. The van der Waals surface area contributed by atoms with Crippen LogP contribution in [0.25, 0.3) is 0 Å². The molecule has 0 radical (unpaired) electrons. The van der Waals surface area contributed by atoms with Gasteiger partial charge in [0.15, 0.2) is 0 Å². The van der Waals surface area contributed by atoms with Crippen LogP contribution in [0, 0.1) is 0 Å².